The van der Waals surface area contributed by atoms with Gasteiger partial charge in [-0.25, -0.2) is 0 Å². The molecule has 2 aliphatic heterocycles. The molecule has 206 valence electrons. The van der Waals surface area contributed by atoms with Crippen molar-refractivity contribution in [1.82, 2.24) is 4.57 Å². The van der Waals surface area contributed by atoms with Gasteiger partial charge in [-0.1, -0.05) is 66.7 Å². The molecule has 0 aliphatic carbocycles. The Morgan fingerprint density at radius 3 is 2.11 bits per heavy atom. The van der Waals surface area contributed by atoms with E-state index in [0.717, 1.165) is 61.6 Å². The van der Waals surface area contributed by atoms with Crippen LogP contribution in [0, 0.1) is 6.92 Å². The Labute approximate surface area is 254 Å². The highest BCUT2D eigenvalue weighted by atomic mass is 16.5. The summed E-state index contributed by atoms with van der Waals surface area (Å²) in [5.41, 5.74) is 13.4. The van der Waals surface area contributed by atoms with Gasteiger partial charge in [0.2, 0.25) is 0 Å². The lowest BCUT2D eigenvalue weighted by atomic mass is 9.34. The summed E-state index contributed by atoms with van der Waals surface area (Å²) in [5, 5.41) is 2.27. The number of hydrogen-bond donors (Lipinski definition) is 0. The molecule has 0 bridgehead atoms. The van der Waals surface area contributed by atoms with Crippen LogP contribution in [0.3, 0.4) is 0 Å². The third kappa shape index (κ3) is 3.13. The Bertz CT molecular complexity index is 2400. The van der Waals surface area contributed by atoms with Crippen molar-refractivity contribution < 1.29 is 9.15 Å². The maximum absolute atomic E-state index is 6.87. The van der Waals surface area contributed by atoms with Gasteiger partial charge in [-0.15, -0.1) is 0 Å². The van der Waals surface area contributed by atoms with Gasteiger partial charge in [0.05, 0.1) is 5.52 Å². The van der Waals surface area contributed by atoms with Crippen LogP contribution in [0.5, 0.6) is 11.5 Å². The molecule has 0 spiro atoms. The first-order valence-corrected chi connectivity index (χ1v) is 15.1. The van der Waals surface area contributed by atoms with Gasteiger partial charge in [-0.05, 0) is 89.5 Å². The first-order valence-electron chi connectivity index (χ1n) is 15.1. The Kier molecular flexibility index (Phi) is 4.70. The van der Waals surface area contributed by atoms with Crippen molar-refractivity contribution in [3.8, 4) is 17.2 Å². The summed E-state index contributed by atoms with van der Waals surface area (Å²) in [5.74, 6) is 1.80. The summed E-state index contributed by atoms with van der Waals surface area (Å²) in [6, 6.07) is 47.2. The number of furan rings is 1. The summed E-state index contributed by atoms with van der Waals surface area (Å²) in [4.78, 5) is 2.28. The quantitative estimate of drug-likeness (QED) is 0.203. The number of nitrogens with zero attached hydrogens (tertiary/aromatic N) is 2. The van der Waals surface area contributed by atoms with Crippen LogP contribution < -0.4 is 26.0 Å². The lowest BCUT2D eigenvalue weighted by molar-refractivity contribution is 0.487. The largest absolute Gasteiger partial charge is 0.458 e. The molecule has 4 nitrogen and oxygen atoms in total. The Morgan fingerprint density at radius 2 is 1.32 bits per heavy atom. The number of aryl methyl sites for hydroxylation is 1. The zero-order valence-electron chi connectivity index (χ0n) is 24.0. The minimum atomic E-state index is 0.0433. The van der Waals surface area contributed by atoms with E-state index in [0.29, 0.717) is 0 Å². The molecule has 0 N–H and O–H groups in total. The van der Waals surface area contributed by atoms with Crippen molar-refractivity contribution in [2.24, 2.45) is 0 Å². The fraction of sp³-hybridized carbons (Fsp3) is 0.0256. The van der Waals surface area contributed by atoms with Crippen molar-refractivity contribution >= 4 is 73.1 Å². The van der Waals surface area contributed by atoms with E-state index in [9.17, 15) is 0 Å². The predicted octanol–water partition coefficient (Wildman–Crippen LogP) is 8.24. The zero-order valence-corrected chi connectivity index (χ0v) is 24.0. The molecule has 0 fully saturated rings. The highest BCUT2D eigenvalue weighted by molar-refractivity contribution is 6.99. The van der Waals surface area contributed by atoms with E-state index in [1.807, 2.05) is 6.07 Å². The molecule has 10 rings (SSSR count). The fourth-order valence-electron chi connectivity index (χ4n) is 7.51. The smallest absolute Gasteiger partial charge is 0.256 e. The highest BCUT2D eigenvalue weighted by Crippen LogP contribution is 2.43. The van der Waals surface area contributed by atoms with E-state index < -0.39 is 0 Å². The second-order valence-corrected chi connectivity index (χ2v) is 11.8. The molecule has 2 aromatic heterocycles. The van der Waals surface area contributed by atoms with Gasteiger partial charge in [0.25, 0.3) is 6.71 Å². The maximum atomic E-state index is 6.87. The predicted molar refractivity (Wildman–Crippen MR) is 181 cm³/mol. The topological polar surface area (TPSA) is 30.5 Å². The van der Waals surface area contributed by atoms with Gasteiger partial charge in [-0.2, -0.15) is 0 Å². The van der Waals surface area contributed by atoms with Crippen LogP contribution in [-0.4, -0.2) is 11.3 Å². The van der Waals surface area contributed by atoms with Gasteiger partial charge >= 0.3 is 0 Å². The first kappa shape index (κ1) is 23.8. The van der Waals surface area contributed by atoms with E-state index in [-0.39, 0.29) is 6.71 Å². The molecule has 6 aromatic carbocycles. The molecular formula is C39H25BN2O2. The second kappa shape index (κ2) is 8.68. The third-order valence-corrected chi connectivity index (χ3v) is 9.25. The van der Waals surface area contributed by atoms with E-state index in [2.05, 4.69) is 144 Å². The lowest BCUT2D eigenvalue weighted by Crippen LogP contribution is -2.58. The fourth-order valence-corrected chi connectivity index (χ4v) is 7.51. The average molecular weight is 564 g/mol. The summed E-state index contributed by atoms with van der Waals surface area (Å²) in [6.07, 6.45) is 0. The highest BCUT2D eigenvalue weighted by Gasteiger charge is 2.41. The molecule has 0 unspecified atom stereocenters. The number of fused-ring (bicyclic) bond motifs is 9. The number of ether oxygens (including phenoxy) is 1. The summed E-state index contributed by atoms with van der Waals surface area (Å²) >= 11 is 0. The summed E-state index contributed by atoms with van der Waals surface area (Å²) in [6.45, 7) is 2.20. The number of anilines is 3. The van der Waals surface area contributed by atoms with Crippen LogP contribution in [0.4, 0.5) is 17.1 Å². The number of benzene rings is 6. The van der Waals surface area contributed by atoms with Crippen molar-refractivity contribution in [2.45, 2.75) is 6.92 Å². The third-order valence-electron chi connectivity index (χ3n) is 9.25. The molecular weight excluding hydrogens is 539 g/mol. The van der Waals surface area contributed by atoms with Crippen molar-refractivity contribution in [3.63, 3.8) is 0 Å². The van der Waals surface area contributed by atoms with Gasteiger partial charge in [-0.3, -0.25) is 0 Å². The molecule has 8 aromatic rings. The molecule has 0 amide bonds. The molecule has 44 heavy (non-hydrogen) atoms. The molecule has 5 heteroatoms. The SMILES string of the molecule is Cc1cc2c3c(c1)-n1c4c(cccc4c4oc5ccccc5c41)B3c1ccc(N(c3ccccc3)c3ccccc3)cc1O2. The Balaban J connectivity index is 1.24. The minimum absolute atomic E-state index is 0.0433. The lowest BCUT2D eigenvalue weighted by Gasteiger charge is -2.34. The standard InChI is InChI=1S/C39H25BN2O2/c1-24-21-32-36-35(22-24)43-34-23-27(41(25-11-4-2-5-12-25)26-13-6-3-7-14-26)19-20-30(34)40(36)31-17-10-16-29-37(31)42(32)38-28-15-8-9-18-33(28)44-39(29)38/h2-23H,1H3. The van der Waals surface area contributed by atoms with E-state index in [1.54, 1.807) is 0 Å². The van der Waals surface area contributed by atoms with Crippen LogP contribution in [0.2, 0.25) is 0 Å². The number of hydrogen-bond acceptors (Lipinski definition) is 3. The molecule has 0 saturated carbocycles. The normalized spacial score (nSPS) is 12.8. The van der Waals surface area contributed by atoms with Crippen LogP contribution in [-0.2, 0) is 0 Å². The Morgan fingerprint density at radius 1 is 0.591 bits per heavy atom. The second-order valence-electron chi connectivity index (χ2n) is 11.8. The van der Waals surface area contributed by atoms with Crippen LogP contribution >= 0.6 is 0 Å². The van der Waals surface area contributed by atoms with E-state index >= 15 is 0 Å². The van der Waals surface area contributed by atoms with Crippen molar-refractivity contribution in [2.75, 3.05) is 4.90 Å². The number of aromatic nitrogens is 1. The van der Waals surface area contributed by atoms with Crippen LogP contribution in [0.1, 0.15) is 5.56 Å². The average Bonchev–Trinajstić information content (AvgIpc) is 3.60. The van der Waals surface area contributed by atoms with Gasteiger partial charge in [0.15, 0.2) is 5.58 Å². The van der Waals surface area contributed by atoms with Gasteiger partial charge < -0.3 is 18.6 Å². The molecule has 0 atom stereocenters. The number of rotatable bonds is 3. The van der Waals surface area contributed by atoms with Crippen molar-refractivity contribution in [3.05, 3.63) is 139 Å². The van der Waals surface area contributed by atoms with E-state index in [1.165, 1.54) is 27.6 Å². The van der Waals surface area contributed by atoms with Crippen molar-refractivity contribution in [1.29, 1.82) is 0 Å². The minimum Gasteiger partial charge on any atom is -0.458 e. The first-order chi connectivity index (χ1) is 21.7. The molecule has 4 heterocycles. The van der Waals surface area contributed by atoms with Gasteiger partial charge in [0.1, 0.15) is 22.6 Å². The monoisotopic (exact) mass is 564 g/mol. The summed E-state index contributed by atoms with van der Waals surface area (Å²) in [7, 11) is 0. The maximum Gasteiger partial charge on any atom is 0.256 e. The summed E-state index contributed by atoms with van der Waals surface area (Å²) < 4.78 is 15.8. The molecule has 2 aliphatic rings. The number of para-hydroxylation sites is 4. The molecule has 0 radical (unpaired) electrons. The zero-order chi connectivity index (χ0) is 28.9. The van der Waals surface area contributed by atoms with E-state index in [4.69, 9.17) is 9.15 Å². The molecule has 0 saturated heterocycles. The van der Waals surface area contributed by atoms with Gasteiger partial charge in [0, 0.05) is 39.6 Å². The Hall–Kier alpha value is -5.68. The van der Waals surface area contributed by atoms with Crippen LogP contribution in [0.25, 0.3) is 38.7 Å². The van der Waals surface area contributed by atoms with Crippen LogP contribution in [0.15, 0.2) is 138 Å².